The molecule has 0 aliphatic carbocycles. The lowest BCUT2D eigenvalue weighted by Crippen LogP contribution is -2.00. The van der Waals surface area contributed by atoms with Gasteiger partial charge in [-0.2, -0.15) is 0 Å². The first-order valence-electron chi connectivity index (χ1n) is 6.36. The monoisotopic (exact) mass is 241 g/mol. The molecule has 18 heavy (non-hydrogen) atoms. The Hall–Kier alpha value is -1.64. The molecule has 94 valence electrons. The van der Waals surface area contributed by atoms with Gasteiger partial charge < -0.3 is 4.84 Å². The van der Waals surface area contributed by atoms with Crippen molar-refractivity contribution in [2.24, 2.45) is 5.90 Å². The van der Waals surface area contributed by atoms with Gasteiger partial charge in [0.05, 0.1) is 6.61 Å². The molecule has 0 spiro atoms. The molecular formula is C16H19NO. The third kappa shape index (κ3) is 3.69. The minimum absolute atomic E-state index is 0.641. The second kappa shape index (κ2) is 6.94. The van der Waals surface area contributed by atoms with E-state index < -0.39 is 0 Å². The molecule has 2 aromatic rings. The SMILES string of the molecule is NOCCCCc1ccc(-c2ccccc2)cc1. The molecular weight excluding hydrogens is 222 g/mol. The first-order valence-corrected chi connectivity index (χ1v) is 6.36. The summed E-state index contributed by atoms with van der Waals surface area (Å²) >= 11 is 0. The van der Waals surface area contributed by atoms with Gasteiger partial charge in [0.1, 0.15) is 0 Å². The predicted octanol–water partition coefficient (Wildman–Crippen LogP) is 3.57. The highest BCUT2D eigenvalue weighted by atomic mass is 16.6. The molecule has 0 aliphatic rings. The van der Waals surface area contributed by atoms with Crippen LogP contribution in [-0.4, -0.2) is 6.61 Å². The van der Waals surface area contributed by atoms with E-state index in [4.69, 9.17) is 5.90 Å². The molecule has 0 radical (unpaired) electrons. The van der Waals surface area contributed by atoms with Crippen LogP contribution in [0.15, 0.2) is 54.6 Å². The predicted molar refractivity (Wildman–Crippen MR) is 75.0 cm³/mol. The fourth-order valence-electron chi connectivity index (χ4n) is 2.01. The van der Waals surface area contributed by atoms with Gasteiger partial charge in [0.25, 0.3) is 0 Å². The molecule has 0 saturated carbocycles. The molecule has 2 aromatic carbocycles. The number of nitrogens with two attached hydrogens (primary N) is 1. The lowest BCUT2D eigenvalue weighted by molar-refractivity contribution is 0.134. The summed E-state index contributed by atoms with van der Waals surface area (Å²) in [7, 11) is 0. The van der Waals surface area contributed by atoms with Crippen molar-refractivity contribution in [2.75, 3.05) is 6.61 Å². The molecule has 0 unspecified atom stereocenters. The molecule has 0 bridgehead atoms. The lowest BCUT2D eigenvalue weighted by atomic mass is 10.0. The maximum Gasteiger partial charge on any atom is 0.0679 e. The van der Waals surface area contributed by atoms with Gasteiger partial charge in [0.2, 0.25) is 0 Å². The van der Waals surface area contributed by atoms with Crippen LogP contribution in [0.4, 0.5) is 0 Å². The highest BCUT2D eigenvalue weighted by Gasteiger charge is 1.97. The van der Waals surface area contributed by atoms with Crippen LogP contribution in [0, 0.1) is 0 Å². The van der Waals surface area contributed by atoms with E-state index in [1.165, 1.54) is 16.7 Å². The van der Waals surface area contributed by atoms with Crippen molar-refractivity contribution in [1.29, 1.82) is 0 Å². The quantitative estimate of drug-likeness (QED) is 0.620. The Labute approximate surface area is 108 Å². The van der Waals surface area contributed by atoms with E-state index >= 15 is 0 Å². The minimum Gasteiger partial charge on any atom is -0.305 e. The zero-order valence-corrected chi connectivity index (χ0v) is 10.5. The van der Waals surface area contributed by atoms with Crippen molar-refractivity contribution < 1.29 is 4.84 Å². The molecule has 0 aliphatic heterocycles. The molecule has 0 atom stereocenters. The van der Waals surface area contributed by atoms with Gasteiger partial charge in [-0.05, 0) is 36.0 Å². The van der Waals surface area contributed by atoms with Crippen molar-refractivity contribution in [1.82, 2.24) is 0 Å². The summed E-state index contributed by atoms with van der Waals surface area (Å²) in [5, 5.41) is 0. The Kier molecular flexibility index (Phi) is 4.94. The van der Waals surface area contributed by atoms with Crippen LogP contribution in [0.2, 0.25) is 0 Å². The number of rotatable bonds is 6. The summed E-state index contributed by atoms with van der Waals surface area (Å²) in [5.74, 6) is 4.99. The summed E-state index contributed by atoms with van der Waals surface area (Å²) in [4.78, 5) is 4.56. The number of unbranched alkanes of at least 4 members (excludes halogenated alkanes) is 1. The third-order valence-electron chi connectivity index (χ3n) is 3.04. The highest BCUT2D eigenvalue weighted by molar-refractivity contribution is 5.63. The van der Waals surface area contributed by atoms with E-state index in [0.29, 0.717) is 6.61 Å². The maximum absolute atomic E-state index is 4.99. The van der Waals surface area contributed by atoms with Crippen LogP contribution < -0.4 is 5.90 Å². The molecule has 2 N–H and O–H groups in total. The Morgan fingerprint density at radius 3 is 2.11 bits per heavy atom. The summed E-state index contributed by atoms with van der Waals surface area (Å²) in [6.45, 7) is 0.641. The van der Waals surface area contributed by atoms with E-state index in [0.717, 1.165) is 19.3 Å². The Bertz CT molecular complexity index is 450. The molecule has 0 heterocycles. The average Bonchev–Trinajstić information content (AvgIpc) is 2.45. The normalized spacial score (nSPS) is 10.5. The van der Waals surface area contributed by atoms with Gasteiger partial charge in [-0.15, -0.1) is 0 Å². The number of hydrogen-bond acceptors (Lipinski definition) is 2. The summed E-state index contributed by atoms with van der Waals surface area (Å²) in [6.07, 6.45) is 3.21. The summed E-state index contributed by atoms with van der Waals surface area (Å²) in [5.41, 5.74) is 3.90. The molecule has 2 heteroatoms. The van der Waals surface area contributed by atoms with Gasteiger partial charge in [-0.3, -0.25) is 0 Å². The van der Waals surface area contributed by atoms with Gasteiger partial charge in [0, 0.05) is 0 Å². The second-order valence-corrected chi connectivity index (χ2v) is 4.39. The standard InChI is InChI=1S/C16H19NO/c17-18-13-5-4-6-14-9-11-16(12-10-14)15-7-2-1-3-8-15/h1-3,7-12H,4-6,13,17H2. The topological polar surface area (TPSA) is 35.2 Å². The molecule has 0 fully saturated rings. The minimum atomic E-state index is 0.641. The largest absolute Gasteiger partial charge is 0.305 e. The third-order valence-corrected chi connectivity index (χ3v) is 3.04. The van der Waals surface area contributed by atoms with Gasteiger partial charge in [-0.25, -0.2) is 5.90 Å². The van der Waals surface area contributed by atoms with Crippen LogP contribution in [0.25, 0.3) is 11.1 Å². The zero-order chi connectivity index (χ0) is 12.6. The van der Waals surface area contributed by atoms with Crippen LogP contribution in [0.5, 0.6) is 0 Å². The first-order chi connectivity index (χ1) is 8.90. The first kappa shape index (κ1) is 12.8. The van der Waals surface area contributed by atoms with E-state index in [1.54, 1.807) is 0 Å². The van der Waals surface area contributed by atoms with E-state index in [9.17, 15) is 0 Å². The van der Waals surface area contributed by atoms with E-state index in [2.05, 4.69) is 53.4 Å². The van der Waals surface area contributed by atoms with Gasteiger partial charge in [-0.1, -0.05) is 54.6 Å². The Morgan fingerprint density at radius 1 is 0.778 bits per heavy atom. The van der Waals surface area contributed by atoms with Crippen LogP contribution in [-0.2, 0) is 11.3 Å². The second-order valence-electron chi connectivity index (χ2n) is 4.39. The molecule has 0 amide bonds. The van der Waals surface area contributed by atoms with Crippen molar-refractivity contribution >= 4 is 0 Å². The number of benzene rings is 2. The summed E-state index contributed by atoms with van der Waals surface area (Å²) < 4.78 is 0. The molecule has 0 aromatic heterocycles. The van der Waals surface area contributed by atoms with E-state index in [-0.39, 0.29) is 0 Å². The number of hydrogen-bond donors (Lipinski definition) is 1. The molecule has 2 nitrogen and oxygen atoms in total. The zero-order valence-electron chi connectivity index (χ0n) is 10.5. The fraction of sp³-hybridized carbons (Fsp3) is 0.250. The fourth-order valence-corrected chi connectivity index (χ4v) is 2.01. The summed E-state index contributed by atoms with van der Waals surface area (Å²) in [6, 6.07) is 19.2. The van der Waals surface area contributed by atoms with Crippen LogP contribution in [0.1, 0.15) is 18.4 Å². The van der Waals surface area contributed by atoms with E-state index in [1.807, 2.05) is 6.07 Å². The van der Waals surface area contributed by atoms with Gasteiger partial charge in [0.15, 0.2) is 0 Å². The van der Waals surface area contributed by atoms with Crippen molar-refractivity contribution in [3.63, 3.8) is 0 Å². The smallest absolute Gasteiger partial charge is 0.0679 e. The average molecular weight is 241 g/mol. The Morgan fingerprint density at radius 2 is 1.44 bits per heavy atom. The number of aryl methyl sites for hydroxylation is 1. The van der Waals surface area contributed by atoms with Crippen molar-refractivity contribution in [3.05, 3.63) is 60.2 Å². The van der Waals surface area contributed by atoms with Crippen LogP contribution >= 0.6 is 0 Å². The maximum atomic E-state index is 4.99. The molecule has 2 rings (SSSR count). The van der Waals surface area contributed by atoms with Crippen molar-refractivity contribution in [3.8, 4) is 11.1 Å². The molecule has 0 saturated heterocycles. The van der Waals surface area contributed by atoms with Crippen LogP contribution in [0.3, 0.4) is 0 Å². The highest BCUT2D eigenvalue weighted by Crippen LogP contribution is 2.19. The van der Waals surface area contributed by atoms with Gasteiger partial charge >= 0.3 is 0 Å². The Balaban J connectivity index is 1.94. The van der Waals surface area contributed by atoms with Crippen molar-refractivity contribution in [2.45, 2.75) is 19.3 Å². The lowest BCUT2D eigenvalue weighted by Gasteiger charge is -2.04.